The van der Waals surface area contributed by atoms with Gasteiger partial charge >= 0.3 is 0 Å². The molecule has 0 bridgehead atoms. The molecule has 0 aliphatic carbocycles. The minimum atomic E-state index is -0.357. The van der Waals surface area contributed by atoms with Gasteiger partial charge in [0.05, 0.1) is 18.1 Å². The first-order valence-corrected chi connectivity index (χ1v) is 11.6. The molecule has 2 aliphatic rings. The molecule has 0 unspecified atom stereocenters. The van der Waals surface area contributed by atoms with Crippen LogP contribution in [0.5, 0.6) is 0 Å². The number of hydrogen-bond donors (Lipinski definition) is 1. The number of nitrogens with one attached hydrogen (secondary N) is 1. The second-order valence-corrected chi connectivity index (χ2v) is 8.63. The number of carbonyl (C=O) groups is 3. The number of thioether (sulfide) groups is 1. The van der Waals surface area contributed by atoms with E-state index in [-0.39, 0.29) is 35.0 Å². The summed E-state index contributed by atoms with van der Waals surface area (Å²) < 4.78 is 12.9. The molecule has 0 aromatic heterocycles. The standard InChI is InChI=1S/C21H29FN4O3S/c22-17-4-6-18(7-5-17)23-19(27)15-30-16-21(29)26-12-10-24(11-13-26)14-20(28)25-8-2-1-3-9-25/h4-7H,1-3,8-16H2,(H,23,27). The molecular formula is C21H29FN4O3S. The molecule has 164 valence electrons. The molecule has 2 aliphatic heterocycles. The minimum Gasteiger partial charge on any atom is -0.342 e. The molecule has 30 heavy (non-hydrogen) atoms. The molecule has 3 amide bonds. The van der Waals surface area contributed by atoms with E-state index < -0.39 is 0 Å². The van der Waals surface area contributed by atoms with E-state index in [0.717, 1.165) is 25.9 Å². The zero-order valence-corrected chi connectivity index (χ0v) is 18.0. The molecule has 1 aromatic rings. The van der Waals surface area contributed by atoms with Gasteiger partial charge in [0, 0.05) is 45.0 Å². The van der Waals surface area contributed by atoms with Gasteiger partial charge in [0.1, 0.15) is 5.82 Å². The van der Waals surface area contributed by atoms with E-state index in [9.17, 15) is 18.8 Å². The molecule has 7 nitrogen and oxygen atoms in total. The topological polar surface area (TPSA) is 73.0 Å². The van der Waals surface area contributed by atoms with Crippen molar-refractivity contribution in [3.63, 3.8) is 0 Å². The van der Waals surface area contributed by atoms with Gasteiger partial charge in [-0.05, 0) is 43.5 Å². The van der Waals surface area contributed by atoms with Crippen molar-refractivity contribution in [3.8, 4) is 0 Å². The Morgan fingerprint density at radius 1 is 0.833 bits per heavy atom. The van der Waals surface area contributed by atoms with Gasteiger partial charge in [-0.2, -0.15) is 0 Å². The van der Waals surface area contributed by atoms with Gasteiger partial charge < -0.3 is 15.1 Å². The van der Waals surface area contributed by atoms with Crippen LogP contribution in [0.4, 0.5) is 10.1 Å². The number of rotatable bonds is 7. The Balaban J connectivity index is 1.30. The Bertz CT molecular complexity index is 732. The van der Waals surface area contributed by atoms with Crippen molar-refractivity contribution in [1.82, 2.24) is 14.7 Å². The average molecular weight is 437 g/mol. The second kappa shape index (κ2) is 11.3. The Hall–Kier alpha value is -2.13. The van der Waals surface area contributed by atoms with Crippen LogP contribution in [-0.2, 0) is 14.4 Å². The Kier molecular flexibility index (Phi) is 8.50. The molecule has 1 aromatic carbocycles. The van der Waals surface area contributed by atoms with Gasteiger partial charge in [-0.1, -0.05) is 0 Å². The molecule has 2 heterocycles. The molecule has 0 atom stereocenters. The van der Waals surface area contributed by atoms with Crippen molar-refractivity contribution in [3.05, 3.63) is 30.1 Å². The first-order chi connectivity index (χ1) is 14.5. The van der Waals surface area contributed by atoms with E-state index in [1.54, 1.807) is 4.90 Å². The van der Waals surface area contributed by atoms with Crippen LogP contribution in [0.1, 0.15) is 19.3 Å². The monoisotopic (exact) mass is 436 g/mol. The van der Waals surface area contributed by atoms with E-state index in [1.807, 2.05) is 4.90 Å². The van der Waals surface area contributed by atoms with Crippen LogP contribution in [0.3, 0.4) is 0 Å². The predicted octanol–water partition coefficient (Wildman–Crippen LogP) is 1.65. The highest BCUT2D eigenvalue weighted by atomic mass is 32.2. The van der Waals surface area contributed by atoms with Gasteiger partial charge in [-0.15, -0.1) is 11.8 Å². The SMILES string of the molecule is O=C(CSCC(=O)N1CCN(CC(=O)N2CCCCC2)CC1)Nc1ccc(F)cc1. The summed E-state index contributed by atoms with van der Waals surface area (Å²) >= 11 is 1.26. The van der Waals surface area contributed by atoms with Gasteiger partial charge in [0.25, 0.3) is 0 Å². The molecule has 0 radical (unpaired) electrons. The largest absolute Gasteiger partial charge is 0.342 e. The zero-order valence-electron chi connectivity index (χ0n) is 17.1. The summed E-state index contributed by atoms with van der Waals surface area (Å²) in [6.07, 6.45) is 3.39. The van der Waals surface area contributed by atoms with Gasteiger partial charge in [-0.25, -0.2) is 4.39 Å². The van der Waals surface area contributed by atoms with Crippen LogP contribution < -0.4 is 5.32 Å². The van der Waals surface area contributed by atoms with Gasteiger partial charge in [-0.3, -0.25) is 19.3 Å². The van der Waals surface area contributed by atoms with Crippen LogP contribution in [0, 0.1) is 5.82 Å². The summed E-state index contributed by atoms with van der Waals surface area (Å²) in [5.74, 6) is 0.0231. The van der Waals surface area contributed by atoms with E-state index in [0.29, 0.717) is 38.4 Å². The molecule has 0 saturated carbocycles. The molecule has 0 spiro atoms. The quantitative estimate of drug-likeness (QED) is 0.704. The molecule has 1 N–H and O–H groups in total. The van der Waals surface area contributed by atoms with Gasteiger partial charge in [0.2, 0.25) is 17.7 Å². The van der Waals surface area contributed by atoms with Crippen molar-refractivity contribution in [2.45, 2.75) is 19.3 Å². The van der Waals surface area contributed by atoms with E-state index in [4.69, 9.17) is 0 Å². The average Bonchev–Trinajstić information content (AvgIpc) is 2.76. The minimum absolute atomic E-state index is 0.0107. The zero-order chi connectivity index (χ0) is 21.3. The predicted molar refractivity (Wildman–Crippen MR) is 116 cm³/mol. The maximum Gasteiger partial charge on any atom is 0.236 e. The highest BCUT2D eigenvalue weighted by Gasteiger charge is 2.24. The van der Waals surface area contributed by atoms with E-state index >= 15 is 0 Å². The number of likely N-dealkylation sites (tertiary alicyclic amines) is 1. The summed E-state index contributed by atoms with van der Waals surface area (Å²) in [4.78, 5) is 42.6. The number of carbonyl (C=O) groups excluding carboxylic acids is 3. The van der Waals surface area contributed by atoms with Crippen molar-refractivity contribution in [2.75, 3.05) is 62.6 Å². The molecule has 3 rings (SSSR count). The number of hydrogen-bond acceptors (Lipinski definition) is 5. The van der Waals surface area contributed by atoms with Crippen molar-refractivity contribution >= 4 is 35.2 Å². The molecule has 9 heteroatoms. The molecule has 2 saturated heterocycles. The van der Waals surface area contributed by atoms with Crippen LogP contribution in [0.2, 0.25) is 0 Å². The maximum absolute atomic E-state index is 12.9. The third kappa shape index (κ3) is 6.98. The van der Waals surface area contributed by atoms with Crippen LogP contribution >= 0.6 is 11.8 Å². The summed E-state index contributed by atoms with van der Waals surface area (Å²) in [6.45, 7) is 4.76. The van der Waals surface area contributed by atoms with Crippen molar-refractivity contribution < 1.29 is 18.8 Å². The molecular weight excluding hydrogens is 407 g/mol. The summed E-state index contributed by atoms with van der Waals surface area (Å²) in [5.41, 5.74) is 0.531. The Morgan fingerprint density at radius 3 is 2.13 bits per heavy atom. The summed E-state index contributed by atoms with van der Waals surface area (Å²) in [5, 5.41) is 2.68. The first-order valence-electron chi connectivity index (χ1n) is 10.4. The highest BCUT2D eigenvalue weighted by molar-refractivity contribution is 8.00. The highest BCUT2D eigenvalue weighted by Crippen LogP contribution is 2.12. The lowest BCUT2D eigenvalue weighted by atomic mass is 10.1. The third-order valence-corrected chi connectivity index (χ3v) is 6.30. The smallest absolute Gasteiger partial charge is 0.236 e. The number of amides is 3. The normalized spacial score (nSPS) is 17.6. The fourth-order valence-electron chi connectivity index (χ4n) is 3.64. The fraction of sp³-hybridized carbons (Fsp3) is 0.571. The number of benzene rings is 1. The molecule has 2 fully saturated rings. The van der Waals surface area contributed by atoms with Crippen LogP contribution in [0.15, 0.2) is 24.3 Å². The van der Waals surface area contributed by atoms with Crippen molar-refractivity contribution in [1.29, 1.82) is 0 Å². The Morgan fingerprint density at radius 2 is 1.47 bits per heavy atom. The van der Waals surface area contributed by atoms with Gasteiger partial charge in [0.15, 0.2) is 0 Å². The number of piperazine rings is 1. The van der Waals surface area contributed by atoms with E-state index in [2.05, 4.69) is 10.2 Å². The summed E-state index contributed by atoms with van der Waals surface area (Å²) in [6, 6.07) is 5.56. The lowest BCUT2D eigenvalue weighted by Gasteiger charge is -2.36. The number of piperidine rings is 1. The van der Waals surface area contributed by atoms with Crippen LogP contribution in [-0.4, -0.2) is 89.7 Å². The van der Waals surface area contributed by atoms with Crippen LogP contribution in [0.25, 0.3) is 0 Å². The maximum atomic E-state index is 12.9. The fourth-order valence-corrected chi connectivity index (χ4v) is 4.36. The number of halogens is 1. The van der Waals surface area contributed by atoms with E-state index in [1.165, 1.54) is 42.4 Å². The third-order valence-electron chi connectivity index (χ3n) is 5.38. The lowest BCUT2D eigenvalue weighted by Crippen LogP contribution is -2.52. The van der Waals surface area contributed by atoms with Crippen molar-refractivity contribution in [2.24, 2.45) is 0 Å². The first kappa shape index (κ1) is 22.6. The summed E-state index contributed by atoms with van der Waals surface area (Å²) in [7, 11) is 0. The second-order valence-electron chi connectivity index (χ2n) is 7.65. The number of anilines is 1. The number of nitrogens with zero attached hydrogens (tertiary/aromatic N) is 3. The lowest BCUT2D eigenvalue weighted by molar-refractivity contribution is -0.134. The Labute approximate surface area is 180 Å².